The summed E-state index contributed by atoms with van der Waals surface area (Å²) in [5.74, 6) is 0.0613. The molecular weight excluding hydrogens is 202 g/mol. The maximum absolute atomic E-state index is 11.7. The number of piperidine rings is 1. The minimum atomic E-state index is 0.0613. The molecule has 4 nitrogen and oxygen atoms in total. The lowest BCUT2D eigenvalue weighted by molar-refractivity contribution is 0.0981. The zero-order valence-electron chi connectivity index (χ0n) is 9.28. The highest BCUT2D eigenvalue weighted by Gasteiger charge is 2.14. The van der Waals surface area contributed by atoms with E-state index in [1.165, 1.54) is 6.42 Å². The lowest BCUT2D eigenvalue weighted by Gasteiger charge is -2.23. The molecule has 86 valence electrons. The van der Waals surface area contributed by atoms with Gasteiger partial charge in [-0.3, -0.25) is 9.78 Å². The van der Waals surface area contributed by atoms with Crippen LogP contribution in [0.15, 0.2) is 24.4 Å². The summed E-state index contributed by atoms with van der Waals surface area (Å²) in [7, 11) is 0. The monoisotopic (exact) mass is 219 g/mol. The smallest absolute Gasteiger partial charge is 0.194 e. The first-order valence-corrected chi connectivity index (χ1v) is 5.74. The van der Waals surface area contributed by atoms with Crippen LogP contribution in [-0.4, -0.2) is 36.4 Å². The second-order valence-corrected chi connectivity index (χ2v) is 4.06. The van der Waals surface area contributed by atoms with Crippen LogP contribution in [0.1, 0.15) is 23.3 Å². The predicted molar refractivity (Wildman–Crippen MR) is 62.5 cm³/mol. The molecule has 0 aliphatic carbocycles. The summed E-state index contributed by atoms with van der Waals surface area (Å²) in [5, 5.41) is 6.58. The summed E-state index contributed by atoms with van der Waals surface area (Å²) in [6.07, 6.45) is 3.97. The molecule has 1 atom stereocenters. The Hall–Kier alpha value is -1.26. The molecule has 0 bridgehead atoms. The van der Waals surface area contributed by atoms with E-state index in [0.29, 0.717) is 18.3 Å². The topological polar surface area (TPSA) is 54.0 Å². The number of aromatic nitrogens is 1. The molecule has 0 saturated carbocycles. The number of pyridine rings is 1. The molecule has 1 aromatic heterocycles. The molecule has 0 aromatic carbocycles. The second kappa shape index (κ2) is 5.72. The summed E-state index contributed by atoms with van der Waals surface area (Å²) in [6.45, 7) is 2.42. The number of nitrogens with zero attached hydrogens (tertiary/aromatic N) is 1. The van der Waals surface area contributed by atoms with Gasteiger partial charge in [-0.25, -0.2) is 0 Å². The quantitative estimate of drug-likeness (QED) is 0.728. The van der Waals surface area contributed by atoms with Crippen LogP contribution >= 0.6 is 0 Å². The van der Waals surface area contributed by atoms with Crippen LogP contribution in [0, 0.1) is 0 Å². The van der Waals surface area contributed by atoms with Gasteiger partial charge in [0.15, 0.2) is 5.78 Å². The van der Waals surface area contributed by atoms with Crippen molar-refractivity contribution in [2.24, 2.45) is 0 Å². The molecule has 0 spiro atoms. The molecule has 2 heterocycles. The van der Waals surface area contributed by atoms with Gasteiger partial charge in [-0.2, -0.15) is 0 Å². The van der Waals surface area contributed by atoms with Crippen molar-refractivity contribution in [3.05, 3.63) is 30.1 Å². The number of Topliss-reactive ketones (excluding diaryl/α,β-unsaturated/α-hetero) is 1. The Balaban J connectivity index is 1.79. The van der Waals surface area contributed by atoms with Crippen molar-refractivity contribution in [1.82, 2.24) is 15.6 Å². The maximum Gasteiger partial charge on any atom is 0.194 e. The Morgan fingerprint density at radius 1 is 1.56 bits per heavy atom. The highest BCUT2D eigenvalue weighted by molar-refractivity contribution is 5.95. The number of carbonyl (C=O) groups is 1. The maximum atomic E-state index is 11.7. The number of hydrogen-bond acceptors (Lipinski definition) is 4. The SMILES string of the molecule is O=C(CN[C@H]1CCCNC1)c1ccccn1. The van der Waals surface area contributed by atoms with Crippen molar-refractivity contribution in [2.45, 2.75) is 18.9 Å². The Labute approximate surface area is 95.5 Å². The van der Waals surface area contributed by atoms with Crippen molar-refractivity contribution in [1.29, 1.82) is 0 Å². The van der Waals surface area contributed by atoms with E-state index in [1.807, 2.05) is 12.1 Å². The van der Waals surface area contributed by atoms with Gasteiger partial charge in [0.2, 0.25) is 0 Å². The van der Waals surface area contributed by atoms with Gasteiger partial charge in [-0.15, -0.1) is 0 Å². The Morgan fingerprint density at radius 3 is 3.19 bits per heavy atom. The Kier molecular flexibility index (Phi) is 4.02. The highest BCUT2D eigenvalue weighted by Crippen LogP contribution is 2.01. The van der Waals surface area contributed by atoms with Crippen LogP contribution in [0.3, 0.4) is 0 Å². The van der Waals surface area contributed by atoms with E-state index in [4.69, 9.17) is 0 Å². The van der Waals surface area contributed by atoms with Crippen LogP contribution in [0.2, 0.25) is 0 Å². The zero-order valence-corrected chi connectivity index (χ0v) is 9.28. The molecule has 0 radical (unpaired) electrons. The van der Waals surface area contributed by atoms with E-state index >= 15 is 0 Å². The summed E-state index contributed by atoms with van der Waals surface area (Å²) in [6, 6.07) is 5.82. The minimum Gasteiger partial charge on any atom is -0.315 e. The van der Waals surface area contributed by atoms with Crippen molar-refractivity contribution in [3.63, 3.8) is 0 Å². The normalized spacial score (nSPS) is 20.6. The van der Waals surface area contributed by atoms with Gasteiger partial charge < -0.3 is 10.6 Å². The molecule has 1 saturated heterocycles. The van der Waals surface area contributed by atoms with Crippen LogP contribution < -0.4 is 10.6 Å². The molecule has 2 N–H and O–H groups in total. The van der Waals surface area contributed by atoms with E-state index in [1.54, 1.807) is 12.3 Å². The average Bonchev–Trinajstić information content (AvgIpc) is 2.38. The fraction of sp³-hybridized carbons (Fsp3) is 0.500. The third kappa shape index (κ3) is 3.12. The van der Waals surface area contributed by atoms with Gasteiger partial charge >= 0.3 is 0 Å². The minimum absolute atomic E-state index is 0.0613. The van der Waals surface area contributed by atoms with Crippen LogP contribution in [0.5, 0.6) is 0 Å². The van der Waals surface area contributed by atoms with Crippen LogP contribution in [-0.2, 0) is 0 Å². The van der Waals surface area contributed by atoms with E-state index < -0.39 is 0 Å². The standard InChI is InChI=1S/C12H17N3O/c16-12(11-5-1-2-7-14-11)9-15-10-4-3-6-13-8-10/h1-2,5,7,10,13,15H,3-4,6,8-9H2/t10-/m0/s1. The summed E-state index contributed by atoms with van der Waals surface area (Å²) >= 11 is 0. The predicted octanol–water partition coefficient (Wildman–Crippen LogP) is 0.606. The van der Waals surface area contributed by atoms with Gasteiger partial charge in [0.25, 0.3) is 0 Å². The third-order valence-electron chi connectivity index (χ3n) is 2.80. The Bertz CT molecular complexity index is 333. The van der Waals surface area contributed by atoms with Crippen molar-refractivity contribution < 1.29 is 4.79 Å². The number of hydrogen-bond donors (Lipinski definition) is 2. The molecule has 4 heteroatoms. The molecule has 0 amide bonds. The van der Waals surface area contributed by atoms with Crippen LogP contribution in [0.4, 0.5) is 0 Å². The molecule has 1 aromatic rings. The second-order valence-electron chi connectivity index (χ2n) is 4.06. The van der Waals surface area contributed by atoms with Crippen molar-refractivity contribution in [2.75, 3.05) is 19.6 Å². The molecule has 1 fully saturated rings. The van der Waals surface area contributed by atoms with Gasteiger partial charge in [-0.05, 0) is 31.5 Å². The van der Waals surface area contributed by atoms with Crippen molar-refractivity contribution in [3.8, 4) is 0 Å². The molecule has 16 heavy (non-hydrogen) atoms. The summed E-state index contributed by atoms with van der Waals surface area (Å²) < 4.78 is 0. The lowest BCUT2D eigenvalue weighted by atomic mass is 10.1. The molecular formula is C12H17N3O. The average molecular weight is 219 g/mol. The van der Waals surface area contributed by atoms with E-state index in [0.717, 1.165) is 19.5 Å². The van der Waals surface area contributed by atoms with E-state index in [9.17, 15) is 4.79 Å². The van der Waals surface area contributed by atoms with Gasteiger partial charge in [0.1, 0.15) is 5.69 Å². The van der Waals surface area contributed by atoms with E-state index in [-0.39, 0.29) is 5.78 Å². The fourth-order valence-electron chi connectivity index (χ4n) is 1.88. The lowest BCUT2D eigenvalue weighted by Crippen LogP contribution is -2.44. The van der Waals surface area contributed by atoms with Gasteiger partial charge in [0.05, 0.1) is 6.54 Å². The summed E-state index contributed by atoms with van der Waals surface area (Å²) in [5.41, 5.74) is 0.541. The fourth-order valence-corrected chi connectivity index (χ4v) is 1.88. The van der Waals surface area contributed by atoms with Crippen molar-refractivity contribution >= 4 is 5.78 Å². The van der Waals surface area contributed by atoms with Gasteiger partial charge in [-0.1, -0.05) is 6.07 Å². The Morgan fingerprint density at radius 2 is 2.50 bits per heavy atom. The largest absolute Gasteiger partial charge is 0.315 e. The summed E-state index contributed by atoms with van der Waals surface area (Å²) in [4.78, 5) is 15.8. The zero-order chi connectivity index (χ0) is 11.2. The number of nitrogens with one attached hydrogen (secondary N) is 2. The molecule has 0 unspecified atom stereocenters. The highest BCUT2D eigenvalue weighted by atomic mass is 16.1. The van der Waals surface area contributed by atoms with Gasteiger partial charge in [0, 0.05) is 18.8 Å². The molecule has 2 rings (SSSR count). The number of ketones is 1. The first-order valence-electron chi connectivity index (χ1n) is 5.74. The first-order chi connectivity index (χ1) is 7.86. The number of rotatable bonds is 4. The number of carbonyl (C=O) groups excluding carboxylic acids is 1. The molecule has 1 aliphatic heterocycles. The third-order valence-corrected chi connectivity index (χ3v) is 2.80. The van der Waals surface area contributed by atoms with Crippen LogP contribution in [0.25, 0.3) is 0 Å². The molecule has 1 aliphatic rings. The first kappa shape index (κ1) is 11.2. The van der Waals surface area contributed by atoms with E-state index in [2.05, 4.69) is 15.6 Å².